The molecule has 2 amide bonds. The van der Waals surface area contributed by atoms with E-state index in [-0.39, 0.29) is 24.8 Å². The Hall–Kier alpha value is -4.78. The van der Waals surface area contributed by atoms with Gasteiger partial charge in [-0.3, -0.25) is 19.4 Å². The lowest BCUT2D eigenvalue weighted by Gasteiger charge is -2.24. The molecule has 198 valence electrons. The molecule has 0 atom stereocenters. The van der Waals surface area contributed by atoms with Gasteiger partial charge in [-0.05, 0) is 59.4 Å². The molecule has 0 saturated carbocycles. The van der Waals surface area contributed by atoms with Crippen LogP contribution >= 0.6 is 0 Å². The molecule has 0 spiro atoms. The van der Waals surface area contributed by atoms with Crippen LogP contribution in [-0.4, -0.2) is 45.9 Å². The summed E-state index contributed by atoms with van der Waals surface area (Å²) >= 11 is 0. The number of aryl methyl sites for hydroxylation is 1. The van der Waals surface area contributed by atoms with Crippen molar-refractivity contribution in [1.29, 1.82) is 0 Å². The topological polar surface area (TPSA) is 99.6 Å². The molecule has 7 nitrogen and oxygen atoms in total. The van der Waals surface area contributed by atoms with Crippen molar-refractivity contribution in [2.24, 2.45) is 0 Å². The number of nitrogens with zero attached hydrogens (tertiary/aromatic N) is 2. The SMILES string of the molecule is Cc1ccccc1CCN(CCC(=O)O)C(=O)c1ccccc1-c1ccccc1C(=O)NCc1cccnc1. The maximum Gasteiger partial charge on any atom is 0.305 e. The van der Waals surface area contributed by atoms with E-state index in [1.165, 1.54) is 0 Å². The molecule has 7 heteroatoms. The molecule has 3 aromatic carbocycles. The van der Waals surface area contributed by atoms with Crippen LogP contribution in [0.5, 0.6) is 0 Å². The van der Waals surface area contributed by atoms with Crippen molar-refractivity contribution in [3.63, 3.8) is 0 Å². The van der Waals surface area contributed by atoms with Gasteiger partial charge < -0.3 is 15.3 Å². The molecule has 0 unspecified atom stereocenters. The van der Waals surface area contributed by atoms with Gasteiger partial charge in [0.15, 0.2) is 0 Å². The Morgan fingerprint density at radius 3 is 2.18 bits per heavy atom. The van der Waals surface area contributed by atoms with Crippen molar-refractivity contribution in [2.45, 2.75) is 26.3 Å². The monoisotopic (exact) mass is 521 g/mol. The highest BCUT2D eigenvalue weighted by Crippen LogP contribution is 2.28. The molecule has 0 bridgehead atoms. The Kier molecular flexibility index (Phi) is 9.19. The summed E-state index contributed by atoms with van der Waals surface area (Å²) in [5.41, 5.74) is 5.21. The number of hydrogen-bond donors (Lipinski definition) is 2. The number of carbonyl (C=O) groups is 3. The molecule has 39 heavy (non-hydrogen) atoms. The van der Waals surface area contributed by atoms with Gasteiger partial charge in [-0.1, -0.05) is 66.7 Å². The van der Waals surface area contributed by atoms with Crippen molar-refractivity contribution < 1.29 is 19.5 Å². The summed E-state index contributed by atoms with van der Waals surface area (Å²) < 4.78 is 0. The molecular weight excluding hydrogens is 490 g/mol. The summed E-state index contributed by atoms with van der Waals surface area (Å²) in [6.07, 6.45) is 3.82. The fourth-order valence-corrected chi connectivity index (χ4v) is 4.46. The minimum Gasteiger partial charge on any atom is -0.481 e. The first-order chi connectivity index (χ1) is 18.9. The number of carbonyl (C=O) groups excluding carboxylic acids is 2. The van der Waals surface area contributed by atoms with Gasteiger partial charge >= 0.3 is 5.97 Å². The standard InChI is InChI=1S/C32H31N3O4/c1-23-9-2-3-11-25(23)16-19-35(20-17-30(36)37)32(39)29-15-7-5-13-27(29)26-12-4-6-14-28(26)31(38)34-22-24-10-8-18-33-21-24/h2-15,18,21H,16-17,19-20,22H2,1H3,(H,34,38)(H,36,37). The Bertz CT molecular complexity index is 1450. The van der Waals surface area contributed by atoms with Crippen molar-refractivity contribution in [1.82, 2.24) is 15.2 Å². The maximum atomic E-state index is 13.9. The van der Waals surface area contributed by atoms with Gasteiger partial charge in [-0.2, -0.15) is 0 Å². The first kappa shape index (κ1) is 27.3. The van der Waals surface area contributed by atoms with Crippen molar-refractivity contribution in [2.75, 3.05) is 13.1 Å². The van der Waals surface area contributed by atoms with Crippen LogP contribution < -0.4 is 5.32 Å². The molecule has 0 aliphatic rings. The van der Waals surface area contributed by atoms with E-state index in [1.807, 2.05) is 67.6 Å². The predicted molar refractivity (Wildman–Crippen MR) is 150 cm³/mol. The van der Waals surface area contributed by atoms with Crippen LogP contribution in [0.3, 0.4) is 0 Å². The highest BCUT2D eigenvalue weighted by atomic mass is 16.4. The van der Waals surface area contributed by atoms with E-state index in [0.717, 1.165) is 16.7 Å². The van der Waals surface area contributed by atoms with E-state index < -0.39 is 5.97 Å². The van der Waals surface area contributed by atoms with Gasteiger partial charge in [0.05, 0.1) is 6.42 Å². The fraction of sp³-hybridized carbons (Fsp3) is 0.188. The number of hydrogen-bond acceptors (Lipinski definition) is 4. The molecule has 1 heterocycles. The molecule has 0 saturated heterocycles. The predicted octanol–water partition coefficient (Wildman–Crippen LogP) is 5.15. The molecule has 2 N–H and O–H groups in total. The lowest BCUT2D eigenvalue weighted by atomic mass is 9.94. The Morgan fingerprint density at radius 1 is 0.821 bits per heavy atom. The molecule has 4 rings (SSSR count). The molecule has 1 aromatic heterocycles. The van der Waals surface area contributed by atoms with Gasteiger partial charge in [0.2, 0.25) is 0 Å². The van der Waals surface area contributed by atoms with Crippen molar-refractivity contribution in [3.8, 4) is 11.1 Å². The van der Waals surface area contributed by atoms with E-state index >= 15 is 0 Å². The number of amides is 2. The van der Waals surface area contributed by atoms with Crippen molar-refractivity contribution in [3.05, 3.63) is 125 Å². The third kappa shape index (κ3) is 7.17. The minimum atomic E-state index is -0.965. The summed E-state index contributed by atoms with van der Waals surface area (Å²) in [6.45, 7) is 2.80. The number of carboxylic acid groups (broad SMARTS) is 1. The van der Waals surface area contributed by atoms with Crippen LogP contribution in [0.2, 0.25) is 0 Å². The zero-order chi connectivity index (χ0) is 27.6. The van der Waals surface area contributed by atoms with Crippen molar-refractivity contribution >= 4 is 17.8 Å². The summed E-state index contributed by atoms with van der Waals surface area (Å²) in [5.74, 6) is -1.50. The number of nitrogens with one attached hydrogen (secondary N) is 1. The molecule has 0 radical (unpaired) electrons. The second-order valence-electron chi connectivity index (χ2n) is 9.25. The number of pyridine rings is 1. The molecule has 0 aliphatic heterocycles. The van der Waals surface area contributed by atoms with E-state index in [1.54, 1.807) is 41.6 Å². The highest BCUT2D eigenvalue weighted by Gasteiger charge is 2.22. The average molecular weight is 522 g/mol. The number of rotatable bonds is 11. The van der Waals surface area contributed by atoms with Gasteiger partial charge in [0.1, 0.15) is 0 Å². The molecule has 4 aromatic rings. The first-order valence-corrected chi connectivity index (χ1v) is 12.8. The summed E-state index contributed by atoms with van der Waals surface area (Å²) in [5, 5.41) is 12.3. The van der Waals surface area contributed by atoms with E-state index in [9.17, 15) is 19.5 Å². The van der Waals surface area contributed by atoms with Gasteiger partial charge in [0.25, 0.3) is 11.8 Å². The second kappa shape index (κ2) is 13.1. The van der Waals surface area contributed by atoms with Crippen LogP contribution in [0, 0.1) is 6.92 Å². The van der Waals surface area contributed by atoms with Crippen LogP contribution in [0.25, 0.3) is 11.1 Å². The van der Waals surface area contributed by atoms with E-state index in [0.29, 0.717) is 41.8 Å². The zero-order valence-corrected chi connectivity index (χ0v) is 21.8. The average Bonchev–Trinajstić information content (AvgIpc) is 2.97. The van der Waals surface area contributed by atoms with Crippen LogP contribution in [-0.2, 0) is 17.8 Å². The third-order valence-corrected chi connectivity index (χ3v) is 6.59. The van der Waals surface area contributed by atoms with Gasteiger partial charge in [0, 0.05) is 43.2 Å². The van der Waals surface area contributed by atoms with E-state index in [2.05, 4.69) is 10.3 Å². The lowest BCUT2D eigenvalue weighted by Crippen LogP contribution is -2.35. The molecular formula is C32H31N3O4. The lowest BCUT2D eigenvalue weighted by molar-refractivity contribution is -0.137. The maximum absolute atomic E-state index is 13.9. The largest absolute Gasteiger partial charge is 0.481 e. The number of aromatic nitrogens is 1. The summed E-state index contributed by atoms with van der Waals surface area (Å²) in [6, 6.07) is 26.0. The Balaban J connectivity index is 1.61. The van der Waals surface area contributed by atoms with Gasteiger partial charge in [-0.15, -0.1) is 0 Å². The second-order valence-corrected chi connectivity index (χ2v) is 9.25. The number of carboxylic acids is 1. The number of aliphatic carboxylic acids is 1. The van der Waals surface area contributed by atoms with Crippen LogP contribution in [0.1, 0.15) is 43.8 Å². The third-order valence-electron chi connectivity index (χ3n) is 6.59. The smallest absolute Gasteiger partial charge is 0.305 e. The summed E-state index contributed by atoms with van der Waals surface area (Å²) in [7, 11) is 0. The zero-order valence-electron chi connectivity index (χ0n) is 21.8. The van der Waals surface area contributed by atoms with Crippen LogP contribution in [0.15, 0.2) is 97.3 Å². The highest BCUT2D eigenvalue weighted by molar-refractivity contribution is 6.06. The molecule has 0 aliphatic carbocycles. The first-order valence-electron chi connectivity index (χ1n) is 12.8. The normalized spacial score (nSPS) is 10.6. The Morgan fingerprint density at radius 2 is 1.49 bits per heavy atom. The Labute approximate surface area is 228 Å². The van der Waals surface area contributed by atoms with E-state index in [4.69, 9.17) is 0 Å². The molecule has 0 fully saturated rings. The fourth-order valence-electron chi connectivity index (χ4n) is 4.46. The van der Waals surface area contributed by atoms with Crippen LogP contribution in [0.4, 0.5) is 0 Å². The number of benzene rings is 3. The quantitative estimate of drug-likeness (QED) is 0.285. The van der Waals surface area contributed by atoms with Gasteiger partial charge in [-0.25, -0.2) is 0 Å². The summed E-state index contributed by atoms with van der Waals surface area (Å²) in [4.78, 5) is 44.1. The minimum absolute atomic E-state index is 0.0849.